The van der Waals surface area contributed by atoms with Gasteiger partial charge >= 0.3 is 0 Å². The molecule has 0 saturated heterocycles. The maximum atomic E-state index is 13.6. The minimum atomic E-state index is -0.838. The molecule has 1 aromatic heterocycles. The number of aliphatic hydroxyl groups is 1. The Morgan fingerprint density at radius 3 is 2.56 bits per heavy atom. The van der Waals surface area contributed by atoms with Crippen molar-refractivity contribution in [3.63, 3.8) is 0 Å². The monoisotopic (exact) mass is 465 g/mol. The summed E-state index contributed by atoms with van der Waals surface area (Å²) in [5.41, 5.74) is 0.914. The average Bonchev–Trinajstić information content (AvgIpc) is 3.36. The van der Waals surface area contributed by atoms with E-state index in [4.69, 9.17) is 13.9 Å². The Morgan fingerprint density at radius 2 is 1.88 bits per heavy atom. The second-order valence-electron chi connectivity index (χ2n) is 8.35. The van der Waals surface area contributed by atoms with Gasteiger partial charge in [-0.3, -0.25) is 9.59 Å². The molecule has 2 N–H and O–H groups in total. The van der Waals surface area contributed by atoms with Crippen molar-refractivity contribution in [2.75, 3.05) is 20.3 Å². The van der Waals surface area contributed by atoms with Crippen LogP contribution in [0.15, 0.2) is 64.3 Å². The molecule has 8 nitrogen and oxygen atoms in total. The van der Waals surface area contributed by atoms with Crippen molar-refractivity contribution >= 4 is 22.7 Å². The lowest BCUT2D eigenvalue weighted by molar-refractivity contribution is -0.129. The van der Waals surface area contributed by atoms with Crippen LogP contribution >= 0.6 is 0 Å². The summed E-state index contributed by atoms with van der Waals surface area (Å²) in [6.07, 6.45) is 0.575. The second kappa shape index (κ2) is 9.61. The molecule has 0 radical (unpaired) electrons. The maximum absolute atomic E-state index is 13.6. The predicted molar refractivity (Wildman–Crippen MR) is 125 cm³/mol. The Balaban J connectivity index is 1.72. The van der Waals surface area contributed by atoms with Crippen molar-refractivity contribution in [2.45, 2.75) is 32.4 Å². The summed E-state index contributed by atoms with van der Waals surface area (Å²) in [6.45, 7) is 4.54. The number of carbonyl (C=O) groups excluding carboxylic acids is 2. The van der Waals surface area contributed by atoms with Crippen LogP contribution in [0.3, 0.4) is 0 Å². The van der Waals surface area contributed by atoms with Gasteiger partial charge in [0.05, 0.1) is 24.8 Å². The summed E-state index contributed by atoms with van der Waals surface area (Å²) >= 11 is 0. The van der Waals surface area contributed by atoms with E-state index in [0.29, 0.717) is 35.3 Å². The number of fused-ring (bicyclic) bond motifs is 1. The van der Waals surface area contributed by atoms with Gasteiger partial charge in [-0.05, 0) is 50.1 Å². The van der Waals surface area contributed by atoms with Gasteiger partial charge in [-0.1, -0.05) is 24.3 Å². The molecule has 2 heterocycles. The number of phenols is 1. The number of benzene rings is 2. The molecule has 0 fully saturated rings. The Bertz CT molecular complexity index is 1240. The Labute approximate surface area is 197 Å². The van der Waals surface area contributed by atoms with Crippen molar-refractivity contribution in [1.82, 2.24) is 4.90 Å². The molecule has 178 valence electrons. The Hall–Kier alpha value is -3.78. The molecule has 2 aromatic carbocycles. The standard InChI is InChI=1S/C26H27NO7/c1-15(2)33-13-5-12-27-22(16-8-10-18(28)11-9-16)21(24(30)26(27)31)23(29)20-14-17-6-4-7-19(32-3)25(17)34-20/h4,6-11,14-15,22,28,30H,5,12-13H2,1-3H3. The van der Waals surface area contributed by atoms with Gasteiger partial charge in [-0.25, -0.2) is 0 Å². The number of Topliss-reactive ketones (excluding diaryl/α,β-unsaturated/α-hetero) is 1. The number of para-hydroxylation sites is 1. The van der Waals surface area contributed by atoms with E-state index in [1.54, 1.807) is 36.4 Å². The molecule has 0 aliphatic carbocycles. The van der Waals surface area contributed by atoms with Gasteiger partial charge in [0.2, 0.25) is 5.78 Å². The summed E-state index contributed by atoms with van der Waals surface area (Å²) in [6, 6.07) is 12.2. The number of aromatic hydroxyl groups is 1. The van der Waals surface area contributed by atoms with Crippen LogP contribution in [0.5, 0.6) is 11.5 Å². The smallest absolute Gasteiger partial charge is 0.290 e. The van der Waals surface area contributed by atoms with E-state index in [-0.39, 0.29) is 29.7 Å². The highest BCUT2D eigenvalue weighted by Gasteiger charge is 2.44. The topological polar surface area (TPSA) is 109 Å². The zero-order chi connectivity index (χ0) is 24.4. The number of amides is 1. The number of ether oxygens (including phenoxy) is 2. The molecular weight excluding hydrogens is 438 g/mol. The Morgan fingerprint density at radius 1 is 1.15 bits per heavy atom. The summed E-state index contributed by atoms with van der Waals surface area (Å²) in [7, 11) is 1.50. The molecule has 0 saturated carbocycles. The van der Waals surface area contributed by atoms with Crippen LogP contribution in [-0.4, -0.2) is 53.2 Å². The molecule has 3 aromatic rings. The van der Waals surface area contributed by atoms with Crippen LogP contribution < -0.4 is 4.74 Å². The first-order valence-corrected chi connectivity index (χ1v) is 11.1. The maximum Gasteiger partial charge on any atom is 0.290 e. The fourth-order valence-corrected chi connectivity index (χ4v) is 4.12. The van der Waals surface area contributed by atoms with E-state index in [9.17, 15) is 19.8 Å². The van der Waals surface area contributed by atoms with Gasteiger partial charge in [-0.15, -0.1) is 0 Å². The van der Waals surface area contributed by atoms with Crippen molar-refractivity contribution in [1.29, 1.82) is 0 Å². The van der Waals surface area contributed by atoms with Gasteiger partial charge in [0, 0.05) is 18.5 Å². The number of carbonyl (C=O) groups is 2. The molecular formula is C26H27NO7. The number of rotatable bonds is 9. The minimum absolute atomic E-state index is 0.0115. The molecule has 1 atom stereocenters. The molecule has 0 spiro atoms. The van der Waals surface area contributed by atoms with Crippen LogP contribution in [-0.2, 0) is 9.53 Å². The van der Waals surface area contributed by atoms with E-state index in [1.807, 2.05) is 13.8 Å². The van der Waals surface area contributed by atoms with E-state index in [0.717, 1.165) is 0 Å². The van der Waals surface area contributed by atoms with Crippen LogP contribution in [0.4, 0.5) is 0 Å². The molecule has 4 rings (SSSR count). The van der Waals surface area contributed by atoms with Crippen LogP contribution in [0, 0.1) is 0 Å². The van der Waals surface area contributed by atoms with Gasteiger partial charge in [0.25, 0.3) is 5.91 Å². The van der Waals surface area contributed by atoms with Crippen molar-refractivity contribution in [3.8, 4) is 11.5 Å². The van der Waals surface area contributed by atoms with Gasteiger partial charge < -0.3 is 29.0 Å². The van der Waals surface area contributed by atoms with E-state index in [2.05, 4.69) is 0 Å². The number of furan rings is 1. The normalized spacial score (nSPS) is 16.2. The first-order chi connectivity index (χ1) is 16.3. The quantitative estimate of drug-likeness (QED) is 0.353. The first kappa shape index (κ1) is 23.4. The lowest BCUT2D eigenvalue weighted by Crippen LogP contribution is -2.32. The number of ketones is 1. The first-order valence-electron chi connectivity index (χ1n) is 11.1. The van der Waals surface area contributed by atoms with Gasteiger partial charge in [-0.2, -0.15) is 0 Å². The molecule has 0 bridgehead atoms. The van der Waals surface area contributed by atoms with Crippen LogP contribution in [0.2, 0.25) is 0 Å². The van der Waals surface area contributed by atoms with E-state index < -0.39 is 23.5 Å². The van der Waals surface area contributed by atoms with Crippen LogP contribution in [0.25, 0.3) is 11.0 Å². The van der Waals surface area contributed by atoms with Crippen molar-refractivity contribution in [2.24, 2.45) is 0 Å². The molecule has 1 aliphatic rings. The highest BCUT2D eigenvalue weighted by molar-refractivity contribution is 6.16. The van der Waals surface area contributed by atoms with Crippen molar-refractivity contribution < 1.29 is 33.7 Å². The number of phenolic OH excluding ortho intramolecular Hbond substituents is 1. The minimum Gasteiger partial charge on any atom is -0.508 e. The largest absolute Gasteiger partial charge is 0.508 e. The number of aliphatic hydroxyl groups excluding tert-OH is 1. The molecule has 1 aliphatic heterocycles. The summed E-state index contributed by atoms with van der Waals surface area (Å²) in [4.78, 5) is 28.1. The molecule has 1 unspecified atom stereocenters. The molecule has 1 amide bonds. The van der Waals surface area contributed by atoms with Crippen molar-refractivity contribution in [3.05, 3.63) is 71.2 Å². The number of nitrogens with zero attached hydrogens (tertiary/aromatic N) is 1. The zero-order valence-corrected chi connectivity index (χ0v) is 19.3. The zero-order valence-electron chi connectivity index (χ0n) is 19.3. The highest BCUT2D eigenvalue weighted by atomic mass is 16.5. The lowest BCUT2D eigenvalue weighted by Gasteiger charge is -2.26. The molecule has 8 heteroatoms. The second-order valence-corrected chi connectivity index (χ2v) is 8.35. The third kappa shape index (κ3) is 4.36. The summed E-state index contributed by atoms with van der Waals surface area (Å²) < 4.78 is 16.7. The number of hydrogen-bond acceptors (Lipinski definition) is 7. The van der Waals surface area contributed by atoms with Gasteiger partial charge in [0.1, 0.15) is 5.75 Å². The summed E-state index contributed by atoms with van der Waals surface area (Å²) in [5.74, 6) is -1.33. The Kier molecular flexibility index (Phi) is 6.61. The fourth-order valence-electron chi connectivity index (χ4n) is 4.12. The highest BCUT2D eigenvalue weighted by Crippen LogP contribution is 2.40. The fraction of sp³-hybridized carbons (Fsp3) is 0.308. The number of hydrogen-bond donors (Lipinski definition) is 2. The summed E-state index contributed by atoms with van der Waals surface area (Å²) in [5, 5.41) is 21.2. The predicted octanol–water partition coefficient (Wildman–Crippen LogP) is 4.54. The third-order valence-corrected chi connectivity index (χ3v) is 5.70. The lowest BCUT2D eigenvalue weighted by atomic mass is 9.95. The van der Waals surface area contributed by atoms with Gasteiger partial charge in [0.15, 0.2) is 22.9 Å². The average molecular weight is 466 g/mol. The molecule has 34 heavy (non-hydrogen) atoms. The number of methoxy groups -OCH3 is 1. The van der Waals surface area contributed by atoms with E-state index >= 15 is 0 Å². The third-order valence-electron chi connectivity index (χ3n) is 5.70. The van der Waals surface area contributed by atoms with E-state index in [1.165, 1.54) is 24.1 Å². The van der Waals surface area contributed by atoms with Crippen LogP contribution in [0.1, 0.15) is 42.4 Å². The SMILES string of the molecule is COc1cccc2cc(C(=O)C3=C(O)C(=O)N(CCCOC(C)C)C3c3ccc(O)cc3)oc12.